The van der Waals surface area contributed by atoms with E-state index in [-0.39, 0.29) is 0 Å². The van der Waals surface area contributed by atoms with Crippen LogP contribution in [0.1, 0.15) is 97.3 Å². The Morgan fingerprint density at radius 1 is 0.952 bits per heavy atom. The second kappa shape index (κ2) is 15.6. The topological polar surface area (TPSA) is 37.3 Å². The van der Waals surface area contributed by atoms with Crippen molar-refractivity contribution < 1.29 is 9.90 Å². The van der Waals surface area contributed by atoms with Crippen LogP contribution < -0.4 is 0 Å². The van der Waals surface area contributed by atoms with Crippen molar-refractivity contribution in [1.29, 1.82) is 0 Å². The van der Waals surface area contributed by atoms with Gasteiger partial charge < -0.3 is 5.11 Å². The Morgan fingerprint density at radius 2 is 1.57 bits per heavy atom. The number of aliphatic carboxylic acids is 1. The highest BCUT2D eigenvalue weighted by Crippen LogP contribution is 2.13. The molecule has 0 aromatic carbocycles. The van der Waals surface area contributed by atoms with Gasteiger partial charge in [0.2, 0.25) is 0 Å². The van der Waals surface area contributed by atoms with E-state index >= 15 is 0 Å². The number of hydrogen-bond acceptors (Lipinski definition) is 1. The summed E-state index contributed by atoms with van der Waals surface area (Å²) in [7, 11) is 0. The summed E-state index contributed by atoms with van der Waals surface area (Å²) in [6.45, 7) is 4.55. The van der Waals surface area contributed by atoms with Crippen molar-refractivity contribution in [3.05, 3.63) is 12.2 Å². The third kappa shape index (κ3) is 17.2. The lowest BCUT2D eigenvalue weighted by Gasteiger charge is -2.05. The fourth-order valence-electron chi connectivity index (χ4n) is 2.56. The van der Waals surface area contributed by atoms with E-state index in [2.05, 4.69) is 26.0 Å². The molecule has 0 aromatic heterocycles. The molecule has 0 rings (SSSR count). The Hall–Kier alpha value is -0.790. The van der Waals surface area contributed by atoms with Gasteiger partial charge in [-0.25, -0.2) is 0 Å². The second-order valence-corrected chi connectivity index (χ2v) is 6.31. The average molecular weight is 296 g/mol. The zero-order valence-electron chi connectivity index (χ0n) is 14.3. The van der Waals surface area contributed by atoms with Crippen LogP contribution in [0.4, 0.5) is 0 Å². The SMILES string of the molecule is CCCCCCCC/C=C\C(C)CCCCCCC(=O)O. The monoisotopic (exact) mass is 296 g/mol. The minimum Gasteiger partial charge on any atom is -0.481 e. The van der Waals surface area contributed by atoms with Crippen molar-refractivity contribution in [2.75, 3.05) is 0 Å². The second-order valence-electron chi connectivity index (χ2n) is 6.31. The van der Waals surface area contributed by atoms with E-state index in [0.717, 1.165) is 12.8 Å². The van der Waals surface area contributed by atoms with Crippen LogP contribution in [0.15, 0.2) is 12.2 Å². The van der Waals surface area contributed by atoms with Crippen molar-refractivity contribution in [2.24, 2.45) is 5.92 Å². The van der Waals surface area contributed by atoms with Crippen LogP contribution >= 0.6 is 0 Å². The highest BCUT2D eigenvalue weighted by molar-refractivity contribution is 5.66. The van der Waals surface area contributed by atoms with Gasteiger partial charge in [-0.1, -0.05) is 77.4 Å². The normalized spacial score (nSPS) is 12.9. The van der Waals surface area contributed by atoms with E-state index in [9.17, 15) is 4.79 Å². The zero-order chi connectivity index (χ0) is 15.8. The van der Waals surface area contributed by atoms with Gasteiger partial charge in [-0.2, -0.15) is 0 Å². The Bertz CT molecular complexity index is 258. The molecule has 0 aromatic rings. The van der Waals surface area contributed by atoms with Crippen molar-refractivity contribution >= 4 is 5.97 Å². The van der Waals surface area contributed by atoms with Gasteiger partial charge >= 0.3 is 5.97 Å². The average Bonchev–Trinajstić information content (AvgIpc) is 2.45. The molecule has 21 heavy (non-hydrogen) atoms. The van der Waals surface area contributed by atoms with E-state index in [1.807, 2.05) is 0 Å². The van der Waals surface area contributed by atoms with Crippen LogP contribution in [-0.4, -0.2) is 11.1 Å². The Kier molecular flexibility index (Phi) is 15.0. The molecule has 0 aliphatic rings. The Balaban J connectivity index is 3.30. The molecule has 124 valence electrons. The number of carboxylic acid groups (broad SMARTS) is 1. The molecule has 0 heterocycles. The highest BCUT2D eigenvalue weighted by atomic mass is 16.4. The smallest absolute Gasteiger partial charge is 0.303 e. The summed E-state index contributed by atoms with van der Waals surface area (Å²) in [5, 5.41) is 8.55. The molecule has 0 saturated carbocycles. The molecule has 1 unspecified atom stereocenters. The third-order valence-electron chi connectivity index (χ3n) is 3.99. The number of carboxylic acids is 1. The van der Waals surface area contributed by atoms with E-state index in [1.54, 1.807) is 0 Å². The molecular weight excluding hydrogens is 260 g/mol. The van der Waals surface area contributed by atoms with Crippen LogP contribution in [0.2, 0.25) is 0 Å². The molecule has 0 aliphatic heterocycles. The first-order valence-corrected chi connectivity index (χ1v) is 9.05. The van der Waals surface area contributed by atoms with E-state index in [4.69, 9.17) is 5.11 Å². The molecule has 0 aliphatic carbocycles. The van der Waals surface area contributed by atoms with Gasteiger partial charge in [0.15, 0.2) is 0 Å². The largest absolute Gasteiger partial charge is 0.481 e. The number of hydrogen-bond donors (Lipinski definition) is 1. The van der Waals surface area contributed by atoms with Crippen LogP contribution in [0.5, 0.6) is 0 Å². The summed E-state index contributed by atoms with van der Waals surface area (Å²) in [6.07, 6.45) is 20.0. The predicted molar refractivity (Wildman–Crippen MR) is 91.6 cm³/mol. The van der Waals surface area contributed by atoms with Crippen LogP contribution in [-0.2, 0) is 4.79 Å². The molecule has 2 heteroatoms. The maximum absolute atomic E-state index is 10.4. The van der Waals surface area contributed by atoms with Crippen molar-refractivity contribution in [2.45, 2.75) is 97.3 Å². The lowest BCUT2D eigenvalue weighted by Crippen LogP contribution is -1.94. The highest BCUT2D eigenvalue weighted by Gasteiger charge is 1.99. The molecular formula is C19H36O2. The van der Waals surface area contributed by atoms with Crippen LogP contribution in [0, 0.1) is 5.92 Å². The molecule has 1 atom stereocenters. The molecule has 0 amide bonds. The molecule has 2 nitrogen and oxygen atoms in total. The maximum Gasteiger partial charge on any atom is 0.303 e. The van der Waals surface area contributed by atoms with Gasteiger partial charge in [0.05, 0.1) is 0 Å². The van der Waals surface area contributed by atoms with Crippen molar-refractivity contribution in [3.8, 4) is 0 Å². The predicted octanol–water partition coefficient (Wildman–Crippen LogP) is 6.35. The van der Waals surface area contributed by atoms with Gasteiger partial charge in [-0.05, 0) is 31.6 Å². The molecule has 0 saturated heterocycles. The summed E-state index contributed by atoms with van der Waals surface area (Å²) in [4.78, 5) is 10.4. The minimum absolute atomic E-state index is 0.327. The first kappa shape index (κ1) is 20.2. The summed E-state index contributed by atoms with van der Waals surface area (Å²) in [6, 6.07) is 0. The number of rotatable bonds is 15. The molecule has 1 N–H and O–H groups in total. The summed E-state index contributed by atoms with van der Waals surface area (Å²) in [5.74, 6) is 0.00515. The number of unbranched alkanes of at least 4 members (excludes halogenated alkanes) is 9. The third-order valence-corrected chi connectivity index (χ3v) is 3.99. The van der Waals surface area contributed by atoms with Gasteiger partial charge in [0, 0.05) is 6.42 Å². The molecule has 0 spiro atoms. The van der Waals surface area contributed by atoms with E-state index in [0.29, 0.717) is 12.3 Å². The first-order valence-electron chi connectivity index (χ1n) is 9.05. The molecule has 0 fully saturated rings. The number of allylic oxidation sites excluding steroid dienone is 2. The van der Waals surface area contributed by atoms with Gasteiger partial charge in [0.25, 0.3) is 0 Å². The fourth-order valence-corrected chi connectivity index (χ4v) is 2.56. The fraction of sp³-hybridized carbons (Fsp3) is 0.842. The Morgan fingerprint density at radius 3 is 2.29 bits per heavy atom. The van der Waals surface area contributed by atoms with Crippen LogP contribution in [0.3, 0.4) is 0 Å². The minimum atomic E-state index is -0.666. The zero-order valence-corrected chi connectivity index (χ0v) is 14.3. The summed E-state index contributed by atoms with van der Waals surface area (Å²) in [5.41, 5.74) is 0. The lowest BCUT2D eigenvalue weighted by atomic mass is 10.0. The summed E-state index contributed by atoms with van der Waals surface area (Å²) < 4.78 is 0. The van der Waals surface area contributed by atoms with Crippen molar-refractivity contribution in [1.82, 2.24) is 0 Å². The van der Waals surface area contributed by atoms with Gasteiger partial charge in [-0.15, -0.1) is 0 Å². The standard InChI is InChI=1S/C19H36O2/c1-3-4-5-6-7-8-9-12-15-18(2)16-13-10-11-14-17-19(20)21/h12,15,18H,3-11,13-14,16-17H2,1-2H3,(H,20,21)/b15-12-. The Labute approximate surface area is 132 Å². The molecule has 0 bridgehead atoms. The summed E-state index contributed by atoms with van der Waals surface area (Å²) >= 11 is 0. The number of carbonyl (C=O) groups is 1. The maximum atomic E-state index is 10.4. The van der Waals surface area contributed by atoms with E-state index < -0.39 is 5.97 Å². The molecule has 0 radical (unpaired) electrons. The van der Waals surface area contributed by atoms with Gasteiger partial charge in [-0.3, -0.25) is 4.79 Å². The lowest BCUT2D eigenvalue weighted by molar-refractivity contribution is -0.137. The quantitative estimate of drug-likeness (QED) is 0.282. The van der Waals surface area contributed by atoms with Crippen LogP contribution in [0.25, 0.3) is 0 Å². The van der Waals surface area contributed by atoms with Gasteiger partial charge in [0.1, 0.15) is 0 Å². The van der Waals surface area contributed by atoms with Crippen molar-refractivity contribution in [3.63, 3.8) is 0 Å². The first-order chi connectivity index (χ1) is 10.2. The van der Waals surface area contributed by atoms with E-state index in [1.165, 1.54) is 64.2 Å².